The summed E-state index contributed by atoms with van der Waals surface area (Å²) in [7, 11) is 1.63. The number of hydrogen-bond donors (Lipinski definition) is 1. The second kappa shape index (κ2) is 7.97. The first-order chi connectivity index (χ1) is 16.2. The maximum Gasteiger partial charge on any atom is 0.223 e. The van der Waals surface area contributed by atoms with Gasteiger partial charge in [0.15, 0.2) is 11.5 Å². The molecule has 0 atom stereocenters. The van der Waals surface area contributed by atoms with E-state index in [2.05, 4.69) is 39.1 Å². The lowest BCUT2D eigenvalue weighted by atomic mass is 10.1. The SMILES string of the molecule is COc1cccc2c1nc(N)n1nc(CN(Cc3cccc4ncccc34)CC3CC3)nc21. The van der Waals surface area contributed by atoms with Gasteiger partial charge < -0.3 is 10.5 Å². The van der Waals surface area contributed by atoms with Crippen molar-refractivity contribution in [1.82, 2.24) is 29.5 Å². The zero-order valence-corrected chi connectivity index (χ0v) is 18.5. The van der Waals surface area contributed by atoms with Crippen molar-refractivity contribution in [1.29, 1.82) is 0 Å². The number of fused-ring (bicyclic) bond motifs is 4. The van der Waals surface area contributed by atoms with E-state index in [-0.39, 0.29) is 0 Å². The molecule has 0 bridgehead atoms. The monoisotopic (exact) mass is 439 g/mol. The summed E-state index contributed by atoms with van der Waals surface area (Å²) in [5.74, 6) is 2.45. The third kappa shape index (κ3) is 3.72. The van der Waals surface area contributed by atoms with Gasteiger partial charge in [-0.05, 0) is 48.6 Å². The summed E-state index contributed by atoms with van der Waals surface area (Å²) in [6.07, 6.45) is 4.41. The molecule has 6 rings (SSSR count). The van der Waals surface area contributed by atoms with Crippen molar-refractivity contribution in [3.05, 3.63) is 66.1 Å². The molecule has 1 fully saturated rings. The molecule has 1 aliphatic rings. The lowest BCUT2D eigenvalue weighted by Crippen LogP contribution is -2.26. The maximum absolute atomic E-state index is 6.24. The summed E-state index contributed by atoms with van der Waals surface area (Å²) >= 11 is 0. The highest BCUT2D eigenvalue weighted by atomic mass is 16.5. The first-order valence-electron chi connectivity index (χ1n) is 11.2. The summed E-state index contributed by atoms with van der Waals surface area (Å²) in [6.45, 7) is 2.48. The van der Waals surface area contributed by atoms with E-state index >= 15 is 0 Å². The molecular formula is C25H25N7O. The first-order valence-corrected chi connectivity index (χ1v) is 11.2. The minimum Gasteiger partial charge on any atom is -0.494 e. The highest BCUT2D eigenvalue weighted by molar-refractivity contribution is 5.95. The van der Waals surface area contributed by atoms with Gasteiger partial charge in [0.2, 0.25) is 5.95 Å². The molecule has 1 saturated carbocycles. The first kappa shape index (κ1) is 19.9. The second-order valence-corrected chi connectivity index (χ2v) is 8.69. The molecule has 0 radical (unpaired) electrons. The molecule has 0 aliphatic heterocycles. The predicted octanol–water partition coefficient (Wildman–Crippen LogP) is 3.83. The summed E-state index contributed by atoms with van der Waals surface area (Å²) in [4.78, 5) is 16.3. The van der Waals surface area contributed by atoms with E-state index in [0.717, 1.165) is 35.7 Å². The normalized spacial score (nSPS) is 14.0. The smallest absolute Gasteiger partial charge is 0.223 e. The van der Waals surface area contributed by atoms with Crippen LogP contribution in [0.3, 0.4) is 0 Å². The van der Waals surface area contributed by atoms with E-state index in [4.69, 9.17) is 20.6 Å². The Labute approximate surface area is 191 Å². The summed E-state index contributed by atoms with van der Waals surface area (Å²) < 4.78 is 7.10. The van der Waals surface area contributed by atoms with Crippen LogP contribution in [0.15, 0.2) is 54.7 Å². The van der Waals surface area contributed by atoms with Crippen LogP contribution in [0.25, 0.3) is 27.5 Å². The average Bonchev–Trinajstić information content (AvgIpc) is 3.54. The Hall–Kier alpha value is -3.78. The molecular weight excluding hydrogens is 414 g/mol. The predicted molar refractivity (Wildman–Crippen MR) is 128 cm³/mol. The third-order valence-corrected chi connectivity index (χ3v) is 6.26. The number of rotatable bonds is 7. The number of benzene rings is 2. The Balaban J connectivity index is 1.37. The molecule has 0 unspecified atom stereocenters. The van der Waals surface area contributed by atoms with Gasteiger partial charge in [-0.3, -0.25) is 9.88 Å². The molecule has 0 spiro atoms. The fourth-order valence-electron chi connectivity index (χ4n) is 4.50. The van der Waals surface area contributed by atoms with E-state index in [1.165, 1.54) is 23.8 Å². The molecule has 0 saturated heterocycles. The van der Waals surface area contributed by atoms with Crippen molar-refractivity contribution < 1.29 is 4.74 Å². The van der Waals surface area contributed by atoms with Crippen LogP contribution in [-0.2, 0) is 13.1 Å². The zero-order valence-electron chi connectivity index (χ0n) is 18.5. The highest BCUT2D eigenvalue weighted by Gasteiger charge is 2.26. The quantitative estimate of drug-likeness (QED) is 0.412. The number of anilines is 1. The van der Waals surface area contributed by atoms with Gasteiger partial charge >= 0.3 is 0 Å². The Bertz CT molecular complexity index is 1470. The van der Waals surface area contributed by atoms with Gasteiger partial charge in [-0.25, -0.2) is 9.97 Å². The summed E-state index contributed by atoms with van der Waals surface area (Å²) in [5, 5.41) is 6.77. The summed E-state index contributed by atoms with van der Waals surface area (Å²) in [5.41, 5.74) is 9.92. The fourth-order valence-corrected chi connectivity index (χ4v) is 4.50. The number of hydrogen-bond acceptors (Lipinski definition) is 7. The van der Waals surface area contributed by atoms with E-state index in [0.29, 0.717) is 29.4 Å². The lowest BCUT2D eigenvalue weighted by molar-refractivity contribution is 0.241. The highest BCUT2D eigenvalue weighted by Crippen LogP contribution is 2.32. The lowest BCUT2D eigenvalue weighted by Gasteiger charge is -2.21. The minimum absolute atomic E-state index is 0.301. The number of aromatic nitrogens is 5. The van der Waals surface area contributed by atoms with Gasteiger partial charge in [-0.15, -0.1) is 5.10 Å². The molecule has 8 heteroatoms. The largest absolute Gasteiger partial charge is 0.494 e. The number of nitrogen functional groups attached to an aromatic ring is 1. The van der Waals surface area contributed by atoms with Crippen molar-refractivity contribution in [2.24, 2.45) is 5.92 Å². The van der Waals surface area contributed by atoms with E-state index < -0.39 is 0 Å². The minimum atomic E-state index is 0.301. The second-order valence-electron chi connectivity index (χ2n) is 8.69. The maximum atomic E-state index is 6.24. The van der Waals surface area contributed by atoms with Crippen LogP contribution in [0.1, 0.15) is 24.2 Å². The number of ether oxygens (including phenoxy) is 1. The van der Waals surface area contributed by atoms with Gasteiger partial charge in [0.05, 0.1) is 19.2 Å². The van der Waals surface area contributed by atoms with Crippen LogP contribution in [-0.4, -0.2) is 43.1 Å². The average molecular weight is 440 g/mol. The van der Waals surface area contributed by atoms with Crippen molar-refractivity contribution in [3.63, 3.8) is 0 Å². The molecule has 8 nitrogen and oxygen atoms in total. The molecule has 33 heavy (non-hydrogen) atoms. The fraction of sp³-hybridized carbons (Fsp3) is 0.280. The van der Waals surface area contributed by atoms with Crippen LogP contribution in [0, 0.1) is 5.92 Å². The van der Waals surface area contributed by atoms with Crippen LogP contribution in [0.2, 0.25) is 0 Å². The molecule has 0 amide bonds. The zero-order chi connectivity index (χ0) is 22.4. The Morgan fingerprint density at radius 2 is 1.88 bits per heavy atom. The van der Waals surface area contributed by atoms with Crippen molar-refractivity contribution in [2.45, 2.75) is 25.9 Å². The molecule has 3 aromatic heterocycles. The van der Waals surface area contributed by atoms with Crippen molar-refractivity contribution in [3.8, 4) is 5.75 Å². The van der Waals surface area contributed by atoms with Gasteiger partial charge in [-0.1, -0.05) is 24.3 Å². The number of methoxy groups -OCH3 is 1. The number of nitrogens with zero attached hydrogens (tertiary/aromatic N) is 6. The molecule has 3 heterocycles. The Kier molecular flexibility index (Phi) is 4.80. The van der Waals surface area contributed by atoms with Gasteiger partial charge in [0, 0.05) is 30.1 Å². The van der Waals surface area contributed by atoms with E-state index in [9.17, 15) is 0 Å². The van der Waals surface area contributed by atoms with E-state index in [1.54, 1.807) is 11.6 Å². The standard InChI is InChI=1S/C25H25N7O/c1-33-21-9-3-6-19-23(21)29-25(26)32-24(19)28-22(30-32)15-31(13-16-10-11-16)14-17-5-2-8-20-18(17)7-4-12-27-20/h2-9,12,16H,10-11,13-15H2,1H3,(H2,26,29). The van der Waals surface area contributed by atoms with Crippen LogP contribution in [0.4, 0.5) is 5.95 Å². The van der Waals surface area contributed by atoms with Crippen molar-refractivity contribution >= 4 is 33.4 Å². The van der Waals surface area contributed by atoms with Gasteiger partial charge in [0.1, 0.15) is 11.3 Å². The van der Waals surface area contributed by atoms with Crippen LogP contribution >= 0.6 is 0 Å². The topological polar surface area (TPSA) is 94.5 Å². The number of para-hydroxylation sites is 1. The van der Waals surface area contributed by atoms with Gasteiger partial charge in [-0.2, -0.15) is 4.52 Å². The molecule has 2 N–H and O–H groups in total. The van der Waals surface area contributed by atoms with E-state index in [1.807, 2.05) is 30.5 Å². The number of nitrogens with two attached hydrogens (primary N) is 1. The van der Waals surface area contributed by atoms with Crippen LogP contribution in [0.5, 0.6) is 5.75 Å². The van der Waals surface area contributed by atoms with Crippen molar-refractivity contribution in [2.75, 3.05) is 19.4 Å². The van der Waals surface area contributed by atoms with Crippen LogP contribution < -0.4 is 10.5 Å². The van der Waals surface area contributed by atoms with Gasteiger partial charge in [0.25, 0.3) is 0 Å². The molecule has 1 aliphatic carbocycles. The Morgan fingerprint density at radius 1 is 1.03 bits per heavy atom. The molecule has 2 aromatic carbocycles. The summed E-state index contributed by atoms with van der Waals surface area (Å²) in [6, 6.07) is 16.2. The molecule has 166 valence electrons. The third-order valence-electron chi connectivity index (χ3n) is 6.26. The Morgan fingerprint density at radius 3 is 2.73 bits per heavy atom. The molecule has 5 aromatic rings. The number of pyridine rings is 1.